The predicted octanol–water partition coefficient (Wildman–Crippen LogP) is 2.79. The van der Waals surface area contributed by atoms with Crippen LogP contribution in [0.25, 0.3) is 11.3 Å². The standard InChI is InChI=1S/C13H16N2O2/c1-4-17-12-6-5-10(7-9(12)2)11-8-14-13(15-11)16-3/h5-8H,4H2,1-3H3,(H,14,15). The second kappa shape index (κ2) is 4.91. The van der Waals surface area contributed by atoms with Crippen LogP contribution in [-0.2, 0) is 0 Å². The molecule has 0 spiro atoms. The number of aryl methyl sites for hydroxylation is 1. The lowest BCUT2D eigenvalue weighted by molar-refractivity contribution is 0.338. The van der Waals surface area contributed by atoms with Gasteiger partial charge in [-0.1, -0.05) is 0 Å². The van der Waals surface area contributed by atoms with E-state index in [1.54, 1.807) is 13.3 Å². The number of hydrogen-bond acceptors (Lipinski definition) is 3. The third-order valence-electron chi connectivity index (χ3n) is 2.53. The number of methoxy groups -OCH3 is 1. The van der Waals surface area contributed by atoms with Crippen molar-refractivity contribution < 1.29 is 9.47 Å². The maximum atomic E-state index is 5.50. The smallest absolute Gasteiger partial charge is 0.293 e. The summed E-state index contributed by atoms with van der Waals surface area (Å²) in [4.78, 5) is 7.17. The number of nitrogens with one attached hydrogen (secondary N) is 1. The second-order valence-electron chi connectivity index (χ2n) is 3.72. The molecule has 4 nitrogen and oxygen atoms in total. The van der Waals surface area contributed by atoms with Crippen LogP contribution in [0.3, 0.4) is 0 Å². The molecular formula is C13H16N2O2. The summed E-state index contributed by atoms with van der Waals surface area (Å²) < 4.78 is 10.5. The first kappa shape index (κ1) is 11.5. The fraction of sp³-hybridized carbons (Fsp3) is 0.308. The zero-order chi connectivity index (χ0) is 12.3. The van der Waals surface area contributed by atoms with Crippen molar-refractivity contribution in [1.29, 1.82) is 0 Å². The van der Waals surface area contributed by atoms with E-state index in [1.165, 1.54) is 0 Å². The molecule has 2 aromatic rings. The van der Waals surface area contributed by atoms with Crippen LogP contribution in [0.15, 0.2) is 24.4 Å². The highest BCUT2D eigenvalue weighted by Crippen LogP contribution is 2.26. The molecule has 0 aliphatic heterocycles. The van der Waals surface area contributed by atoms with E-state index in [9.17, 15) is 0 Å². The summed E-state index contributed by atoms with van der Waals surface area (Å²) >= 11 is 0. The molecule has 1 N–H and O–H groups in total. The molecule has 17 heavy (non-hydrogen) atoms. The van der Waals surface area contributed by atoms with Gasteiger partial charge in [0.1, 0.15) is 5.75 Å². The number of hydrogen-bond donors (Lipinski definition) is 1. The van der Waals surface area contributed by atoms with Crippen LogP contribution in [0.2, 0.25) is 0 Å². The maximum absolute atomic E-state index is 5.50. The molecular weight excluding hydrogens is 216 g/mol. The van der Waals surface area contributed by atoms with Gasteiger partial charge in [0.25, 0.3) is 6.01 Å². The van der Waals surface area contributed by atoms with Crippen LogP contribution >= 0.6 is 0 Å². The molecule has 0 amide bonds. The summed E-state index contributed by atoms with van der Waals surface area (Å²) in [5.74, 6) is 0.919. The topological polar surface area (TPSA) is 47.1 Å². The summed E-state index contributed by atoms with van der Waals surface area (Å²) in [5, 5.41) is 0. The van der Waals surface area contributed by atoms with Gasteiger partial charge < -0.3 is 14.5 Å². The van der Waals surface area contributed by atoms with E-state index in [0.29, 0.717) is 12.6 Å². The molecule has 1 heterocycles. The first-order valence-corrected chi connectivity index (χ1v) is 5.57. The Morgan fingerprint density at radius 2 is 2.18 bits per heavy atom. The van der Waals surface area contributed by atoms with Crippen LogP contribution in [0.5, 0.6) is 11.8 Å². The number of benzene rings is 1. The molecule has 0 bridgehead atoms. The fourth-order valence-electron chi connectivity index (χ4n) is 1.69. The summed E-state index contributed by atoms with van der Waals surface area (Å²) in [6.45, 7) is 4.69. The third kappa shape index (κ3) is 2.41. The Kier molecular flexibility index (Phi) is 3.32. The summed E-state index contributed by atoms with van der Waals surface area (Å²) in [6.07, 6.45) is 1.76. The number of H-pyrrole nitrogens is 1. The van der Waals surface area contributed by atoms with Crippen molar-refractivity contribution in [2.75, 3.05) is 13.7 Å². The average Bonchev–Trinajstić information content (AvgIpc) is 2.80. The number of aromatic amines is 1. The van der Waals surface area contributed by atoms with Gasteiger partial charge in [0, 0.05) is 5.56 Å². The molecule has 1 aromatic heterocycles. The highest BCUT2D eigenvalue weighted by molar-refractivity contribution is 5.61. The highest BCUT2D eigenvalue weighted by atomic mass is 16.5. The quantitative estimate of drug-likeness (QED) is 0.881. The van der Waals surface area contributed by atoms with Crippen molar-refractivity contribution >= 4 is 0 Å². The first-order chi connectivity index (χ1) is 8.24. The fourth-order valence-corrected chi connectivity index (χ4v) is 1.69. The van der Waals surface area contributed by atoms with Crippen molar-refractivity contribution in [2.24, 2.45) is 0 Å². The van der Waals surface area contributed by atoms with E-state index in [1.807, 2.05) is 26.0 Å². The molecule has 0 fully saturated rings. The van der Waals surface area contributed by atoms with Gasteiger partial charge >= 0.3 is 0 Å². The van der Waals surface area contributed by atoms with Gasteiger partial charge in [-0.25, -0.2) is 4.98 Å². The Hall–Kier alpha value is -1.97. The van der Waals surface area contributed by atoms with Crippen LogP contribution in [0.1, 0.15) is 12.5 Å². The van der Waals surface area contributed by atoms with E-state index in [2.05, 4.69) is 16.0 Å². The van der Waals surface area contributed by atoms with Crippen molar-refractivity contribution in [1.82, 2.24) is 9.97 Å². The normalized spacial score (nSPS) is 10.3. The molecule has 0 radical (unpaired) electrons. The molecule has 0 aliphatic carbocycles. The zero-order valence-corrected chi connectivity index (χ0v) is 10.3. The highest BCUT2D eigenvalue weighted by Gasteiger charge is 2.05. The minimum Gasteiger partial charge on any atom is -0.494 e. The number of ether oxygens (including phenoxy) is 2. The van der Waals surface area contributed by atoms with Gasteiger partial charge in [-0.05, 0) is 37.6 Å². The lowest BCUT2D eigenvalue weighted by Crippen LogP contribution is -1.94. The average molecular weight is 232 g/mol. The lowest BCUT2D eigenvalue weighted by Gasteiger charge is -2.08. The molecule has 0 saturated carbocycles. The summed E-state index contributed by atoms with van der Waals surface area (Å²) in [5.41, 5.74) is 3.12. The van der Waals surface area contributed by atoms with Crippen molar-refractivity contribution in [3.05, 3.63) is 30.0 Å². The van der Waals surface area contributed by atoms with Gasteiger partial charge in [-0.2, -0.15) is 0 Å². The number of nitrogens with zero attached hydrogens (tertiary/aromatic N) is 1. The van der Waals surface area contributed by atoms with Crippen LogP contribution in [0.4, 0.5) is 0 Å². The predicted molar refractivity (Wildman–Crippen MR) is 66.5 cm³/mol. The molecule has 90 valence electrons. The Labute approximate surface area is 101 Å². The van der Waals surface area contributed by atoms with Gasteiger partial charge in [0.15, 0.2) is 0 Å². The van der Waals surface area contributed by atoms with Gasteiger partial charge in [-0.3, -0.25) is 0 Å². The van der Waals surface area contributed by atoms with Crippen molar-refractivity contribution in [2.45, 2.75) is 13.8 Å². The minimum absolute atomic E-state index is 0.520. The maximum Gasteiger partial charge on any atom is 0.293 e. The van der Waals surface area contributed by atoms with Gasteiger partial charge in [0.2, 0.25) is 0 Å². The third-order valence-corrected chi connectivity index (χ3v) is 2.53. The van der Waals surface area contributed by atoms with Crippen molar-refractivity contribution in [3.63, 3.8) is 0 Å². The van der Waals surface area contributed by atoms with Crippen molar-refractivity contribution in [3.8, 4) is 23.0 Å². The number of imidazole rings is 1. The van der Waals surface area contributed by atoms with Gasteiger partial charge in [-0.15, -0.1) is 0 Å². The molecule has 0 unspecified atom stereocenters. The Balaban J connectivity index is 2.30. The van der Waals surface area contributed by atoms with E-state index >= 15 is 0 Å². The Morgan fingerprint density at radius 3 is 2.76 bits per heavy atom. The largest absolute Gasteiger partial charge is 0.494 e. The zero-order valence-electron chi connectivity index (χ0n) is 10.3. The van der Waals surface area contributed by atoms with E-state index in [4.69, 9.17) is 9.47 Å². The second-order valence-corrected chi connectivity index (χ2v) is 3.72. The summed E-state index contributed by atoms with van der Waals surface area (Å²) in [6, 6.07) is 6.57. The van der Waals surface area contributed by atoms with E-state index < -0.39 is 0 Å². The number of aromatic nitrogens is 2. The van der Waals surface area contributed by atoms with Gasteiger partial charge in [0.05, 0.1) is 25.6 Å². The SMILES string of the molecule is CCOc1ccc(-c2cnc(OC)[nH]2)cc1C. The molecule has 0 aliphatic rings. The number of rotatable bonds is 4. The van der Waals surface area contributed by atoms with Crippen LogP contribution in [0, 0.1) is 6.92 Å². The Bertz CT molecular complexity index is 506. The first-order valence-electron chi connectivity index (χ1n) is 5.57. The minimum atomic E-state index is 0.520. The van der Waals surface area contributed by atoms with Crippen LogP contribution in [-0.4, -0.2) is 23.7 Å². The van der Waals surface area contributed by atoms with E-state index in [0.717, 1.165) is 22.6 Å². The monoisotopic (exact) mass is 232 g/mol. The molecule has 0 atom stereocenters. The molecule has 1 aromatic carbocycles. The lowest BCUT2D eigenvalue weighted by atomic mass is 10.1. The van der Waals surface area contributed by atoms with E-state index in [-0.39, 0.29) is 0 Å². The summed E-state index contributed by atoms with van der Waals surface area (Å²) in [7, 11) is 1.59. The van der Waals surface area contributed by atoms with Crippen LogP contribution < -0.4 is 9.47 Å². The molecule has 4 heteroatoms. The molecule has 2 rings (SSSR count). The molecule has 0 saturated heterocycles. The Morgan fingerprint density at radius 1 is 1.35 bits per heavy atom.